The second kappa shape index (κ2) is 7.77. The lowest BCUT2D eigenvalue weighted by molar-refractivity contribution is -0.127. The molecule has 8 nitrogen and oxygen atoms in total. The molecule has 140 valence electrons. The monoisotopic (exact) mass is 368 g/mol. The molecule has 4 N–H and O–H groups in total. The molecule has 0 spiro atoms. The molecule has 8 heteroatoms. The summed E-state index contributed by atoms with van der Waals surface area (Å²) in [5, 5.41) is 5.33. The zero-order valence-corrected chi connectivity index (χ0v) is 14.8. The minimum atomic E-state index is -0.701. The van der Waals surface area contributed by atoms with Crippen LogP contribution in [-0.4, -0.2) is 44.0 Å². The number of hydrogen-bond acceptors (Lipinski definition) is 5. The van der Waals surface area contributed by atoms with E-state index in [9.17, 15) is 14.4 Å². The summed E-state index contributed by atoms with van der Waals surface area (Å²) >= 11 is 0. The maximum absolute atomic E-state index is 12.5. The van der Waals surface area contributed by atoms with E-state index >= 15 is 0 Å². The van der Waals surface area contributed by atoms with Gasteiger partial charge in [0.2, 0.25) is 11.8 Å². The summed E-state index contributed by atoms with van der Waals surface area (Å²) in [5.41, 5.74) is 6.87. The highest BCUT2D eigenvalue weighted by Gasteiger charge is 2.30. The molecular weight excluding hydrogens is 348 g/mol. The van der Waals surface area contributed by atoms with E-state index in [4.69, 9.17) is 10.5 Å². The van der Waals surface area contributed by atoms with Crippen LogP contribution in [0.15, 0.2) is 48.5 Å². The minimum absolute atomic E-state index is 0.0471. The number of ether oxygens (including phenoxy) is 1. The summed E-state index contributed by atoms with van der Waals surface area (Å²) in [4.78, 5) is 37.4. The number of nitrogens with two attached hydrogens (primary N) is 1. The second-order valence-corrected chi connectivity index (χ2v) is 6.06. The molecule has 2 aromatic carbocycles. The molecule has 0 unspecified atom stereocenters. The van der Waals surface area contributed by atoms with Crippen LogP contribution in [0.1, 0.15) is 10.4 Å². The number of carbonyl (C=O) groups is 3. The van der Waals surface area contributed by atoms with Gasteiger partial charge in [-0.05, 0) is 36.4 Å². The zero-order chi connectivity index (χ0) is 19.4. The Morgan fingerprint density at radius 3 is 2.52 bits per heavy atom. The fourth-order valence-corrected chi connectivity index (χ4v) is 2.85. The first-order valence-corrected chi connectivity index (χ1v) is 8.40. The lowest BCUT2D eigenvalue weighted by Crippen LogP contribution is -2.50. The van der Waals surface area contributed by atoms with Crippen molar-refractivity contribution in [3.8, 4) is 5.75 Å². The van der Waals surface area contributed by atoms with Crippen molar-refractivity contribution < 1.29 is 19.1 Å². The zero-order valence-electron chi connectivity index (χ0n) is 14.8. The molecule has 1 atom stereocenters. The quantitative estimate of drug-likeness (QED) is 0.720. The van der Waals surface area contributed by atoms with Crippen molar-refractivity contribution in [2.24, 2.45) is 5.73 Å². The number of anilines is 2. The molecule has 3 rings (SSSR count). The highest BCUT2D eigenvalue weighted by Crippen LogP contribution is 2.32. The topological polar surface area (TPSA) is 114 Å². The molecule has 0 aromatic heterocycles. The smallest absolute Gasteiger partial charge is 0.262 e. The Morgan fingerprint density at radius 2 is 1.85 bits per heavy atom. The molecule has 1 aliphatic heterocycles. The van der Waals surface area contributed by atoms with Crippen LogP contribution in [0, 0.1) is 0 Å². The summed E-state index contributed by atoms with van der Waals surface area (Å²) in [6.45, 7) is 0.302. The molecule has 0 saturated carbocycles. The standard InChI is InChI=1S/C19H20N4O4/c1-21-19(26)16-10-23(14-4-2-3-5-15(14)27-16)11-17(24)22-13-8-6-12(7-9-13)18(20)25/h2-9,16H,10-11H2,1H3,(H2,20,25)(H,21,26)(H,22,24)/t16-/m0/s1. The average molecular weight is 368 g/mol. The minimum Gasteiger partial charge on any atom is -0.477 e. The van der Waals surface area contributed by atoms with Crippen LogP contribution in [0.4, 0.5) is 11.4 Å². The van der Waals surface area contributed by atoms with Crippen LogP contribution < -0.4 is 26.0 Å². The maximum Gasteiger partial charge on any atom is 0.262 e. The molecule has 1 heterocycles. The van der Waals surface area contributed by atoms with Gasteiger partial charge >= 0.3 is 0 Å². The van der Waals surface area contributed by atoms with Crippen molar-refractivity contribution in [2.75, 3.05) is 30.4 Å². The van der Waals surface area contributed by atoms with Crippen molar-refractivity contribution in [1.82, 2.24) is 5.32 Å². The fourth-order valence-electron chi connectivity index (χ4n) is 2.85. The van der Waals surface area contributed by atoms with Crippen LogP contribution in [0.5, 0.6) is 5.75 Å². The lowest BCUT2D eigenvalue weighted by Gasteiger charge is -2.34. The van der Waals surface area contributed by atoms with Gasteiger partial charge < -0.3 is 26.0 Å². The van der Waals surface area contributed by atoms with Crippen molar-refractivity contribution in [3.63, 3.8) is 0 Å². The Bertz CT molecular complexity index is 866. The lowest BCUT2D eigenvalue weighted by atomic mass is 10.1. The van der Waals surface area contributed by atoms with Crippen molar-refractivity contribution in [1.29, 1.82) is 0 Å². The van der Waals surface area contributed by atoms with Gasteiger partial charge in [0.1, 0.15) is 5.75 Å². The van der Waals surface area contributed by atoms with Gasteiger partial charge in [0, 0.05) is 18.3 Å². The fraction of sp³-hybridized carbons (Fsp3) is 0.211. The number of amides is 3. The van der Waals surface area contributed by atoms with Crippen LogP contribution in [0.2, 0.25) is 0 Å². The van der Waals surface area contributed by atoms with Gasteiger partial charge in [0.05, 0.1) is 18.8 Å². The van der Waals surface area contributed by atoms with Crippen LogP contribution in [0.25, 0.3) is 0 Å². The third-order valence-corrected chi connectivity index (χ3v) is 4.19. The van der Waals surface area contributed by atoms with Gasteiger partial charge in [0.25, 0.3) is 5.91 Å². The number of carbonyl (C=O) groups excluding carboxylic acids is 3. The SMILES string of the molecule is CNC(=O)[C@@H]1CN(CC(=O)Nc2ccc(C(N)=O)cc2)c2ccccc2O1. The van der Waals surface area contributed by atoms with Gasteiger partial charge in [-0.3, -0.25) is 14.4 Å². The van der Waals surface area contributed by atoms with Crippen LogP contribution in [0.3, 0.4) is 0 Å². The number of para-hydroxylation sites is 2. The summed E-state index contributed by atoms with van der Waals surface area (Å²) in [7, 11) is 1.54. The predicted octanol–water partition coefficient (Wildman–Crippen LogP) is 0.738. The van der Waals surface area contributed by atoms with E-state index in [1.165, 1.54) is 0 Å². The molecule has 27 heavy (non-hydrogen) atoms. The molecule has 0 saturated heterocycles. The van der Waals surface area contributed by atoms with E-state index in [-0.39, 0.29) is 24.9 Å². The number of fused-ring (bicyclic) bond motifs is 1. The molecule has 1 aliphatic rings. The molecule has 0 radical (unpaired) electrons. The van der Waals surface area contributed by atoms with Gasteiger partial charge in [-0.1, -0.05) is 12.1 Å². The Labute approximate surface area is 156 Å². The van der Waals surface area contributed by atoms with E-state index in [1.54, 1.807) is 42.3 Å². The summed E-state index contributed by atoms with van der Waals surface area (Å²) in [6, 6.07) is 13.6. The summed E-state index contributed by atoms with van der Waals surface area (Å²) in [5.74, 6) is -0.486. The normalized spacial score (nSPS) is 15.3. The molecule has 0 fully saturated rings. The van der Waals surface area contributed by atoms with Crippen LogP contribution in [-0.2, 0) is 9.59 Å². The maximum atomic E-state index is 12.5. The molecule has 2 aromatic rings. The van der Waals surface area contributed by atoms with Crippen molar-refractivity contribution in [3.05, 3.63) is 54.1 Å². The van der Waals surface area contributed by atoms with E-state index in [1.807, 2.05) is 18.2 Å². The first-order chi connectivity index (χ1) is 13.0. The Hall–Kier alpha value is -3.55. The number of benzene rings is 2. The average Bonchev–Trinajstić information content (AvgIpc) is 2.67. The largest absolute Gasteiger partial charge is 0.477 e. The number of nitrogens with zero attached hydrogens (tertiary/aromatic N) is 1. The molecule has 0 aliphatic carbocycles. The number of hydrogen-bond donors (Lipinski definition) is 3. The van der Waals surface area contributed by atoms with Gasteiger partial charge in [-0.15, -0.1) is 0 Å². The first kappa shape index (κ1) is 18.2. The number of rotatable bonds is 5. The third-order valence-electron chi connectivity index (χ3n) is 4.19. The van der Waals surface area contributed by atoms with Crippen molar-refractivity contribution >= 4 is 29.1 Å². The Kier molecular flexibility index (Phi) is 5.25. The van der Waals surface area contributed by atoms with Crippen LogP contribution >= 0.6 is 0 Å². The van der Waals surface area contributed by atoms with Gasteiger partial charge in [-0.2, -0.15) is 0 Å². The highest BCUT2D eigenvalue weighted by atomic mass is 16.5. The predicted molar refractivity (Wildman–Crippen MR) is 101 cm³/mol. The molecule has 3 amide bonds. The Balaban J connectivity index is 1.72. The van der Waals surface area contributed by atoms with E-state index in [2.05, 4.69) is 10.6 Å². The number of likely N-dealkylation sites (N-methyl/N-ethyl adjacent to an activating group) is 1. The summed E-state index contributed by atoms with van der Waals surface area (Å²) in [6.07, 6.45) is -0.701. The Morgan fingerprint density at radius 1 is 1.15 bits per heavy atom. The van der Waals surface area contributed by atoms with Gasteiger partial charge in [-0.25, -0.2) is 0 Å². The van der Waals surface area contributed by atoms with Crippen molar-refractivity contribution in [2.45, 2.75) is 6.10 Å². The van der Waals surface area contributed by atoms with E-state index in [0.717, 1.165) is 5.69 Å². The molecular formula is C19H20N4O4. The number of nitrogens with one attached hydrogen (secondary N) is 2. The highest BCUT2D eigenvalue weighted by molar-refractivity contribution is 5.96. The van der Waals surface area contributed by atoms with E-state index in [0.29, 0.717) is 17.0 Å². The second-order valence-electron chi connectivity index (χ2n) is 6.06. The third kappa shape index (κ3) is 4.17. The first-order valence-electron chi connectivity index (χ1n) is 8.40. The summed E-state index contributed by atoms with van der Waals surface area (Å²) < 4.78 is 5.72. The number of primary amides is 1. The van der Waals surface area contributed by atoms with Gasteiger partial charge in [0.15, 0.2) is 6.10 Å². The van der Waals surface area contributed by atoms with E-state index < -0.39 is 12.0 Å². The molecule has 0 bridgehead atoms.